The van der Waals surface area contributed by atoms with Crippen molar-refractivity contribution >= 4 is 5.97 Å². The van der Waals surface area contributed by atoms with Crippen LogP contribution in [0.1, 0.15) is 39.2 Å². The Balaban J connectivity index is 2.16. The summed E-state index contributed by atoms with van der Waals surface area (Å²) >= 11 is 0. The van der Waals surface area contributed by atoms with Crippen LogP contribution in [0.5, 0.6) is 0 Å². The molecule has 0 saturated heterocycles. The second-order valence-electron chi connectivity index (χ2n) is 5.28. The summed E-state index contributed by atoms with van der Waals surface area (Å²) in [4.78, 5) is 16.1. The zero-order valence-corrected chi connectivity index (χ0v) is 11.2. The Morgan fingerprint density at radius 2 is 2.39 bits per heavy atom. The molecule has 0 spiro atoms. The van der Waals surface area contributed by atoms with E-state index in [0.717, 1.165) is 19.3 Å². The second-order valence-corrected chi connectivity index (χ2v) is 5.28. The van der Waals surface area contributed by atoms with E-state index < -0.39 is 5.54 Å². The van der Waals surface area contributed by atoms with E-state index in [1.807, 2.05) is 12.5 Å². The van der Waals surface area contributed by atoms with Crippen LogP contribution in [0.3, 0.4) is 0 Å². The van der Waals surface area contributed by atoms with Gasteiger partial charge in [0.2, 0.25) is 0 Å². The smallest absolute Gasteiger partial charge is 0.326 e. The molecule has 2 rings (SSSR count). The molecule has 0 bridgehead atoms. The van der Waals surface area contributed by atoms with Gasteiger partial charge in [-0.05, 0) is 33.1 Å². The van der Waals surface area contributed by atoms with Crippen molar-refractivity contribution in [1.82, 2.24) is 14.9 Å². The molecular weight excluding hydrogens is 230 g/mol. The van der Waals surface area contributed by atoms with Gasteiger partial charge in [-0.1, -0.05) is 0 Å². The lowest BCUT2D eigenvalue weighted by molar-refractivity contribution is -0.148. The molecule has 2 unspecified atom stereocenters. The van der Waals surface area contributed by atoms with Crippen LogP contribution in [0.4, 0.5) is 0 Å². The highest BCUT2D eigenvalue weighted by atomic mass is 16.5. The van der Waals surface area contributed by atoms with Gasteiger partial charge >= 0.3 is 5.97 Å². The van der Waals surface area contributed by atoms with Gasteiger partial charge in [0.15, 0.2) is 0 Å². The molecule has 100 valence electrons. The summed E-state index contributed by atoms with van der Waals surface area (Å²) in [6, 6.07) is 0.573. The van der Waals surface area contributed by atoms with Crippen LogP contribution in [0.25, 0.3) is 0 Å². The number of carbonyl (C=O) groups excluding carboxylic acids is 1. The normalized spacial score (nSPS) is 27.7. The van der Waals surface area contributed by atoms with E-state index in [2.05, 4.69) is 28.7 Å². The third kappa shape index (κ3) is 2.41. The first-order valence-electron chi connectivity index (χ1n) is 6.41. The number of ether oxygens (including phenoxy) is 1. The predicted molar refractivity (Wildman–Crippen MR) is 68.1 cm³/mol. The fourth-order valence-electron chi connectivity index (χ4n) is 2.88. The molecule has 0 amide bonds. The summed E-state index contributed by atoms with van der Waals surface area (Å²) in [6.07, 6.45) is 8.06. The van der Waals surface area contributed by atoms with E-state index in [1.54, 1.807) is 6.20 Å². The van der Waals surface area contributed by atoms with Crippen molar-refractivity contribution in [3.05, 3.63) is 18.7 Å². The van der Waals surface area contributed by atoms with Crippen molar-refractivity contribution < 1.29 is 9.53 Å². The molecule has 0 radical (unpaired) electrons. The van der Waals surface area contributed by atoms with Crippen LogP contribution in [0, 0.1) is 0 Å². The monoisotopic (exact) mass is 251 g/mol. The van der Waals surface area contributed by atoms with E-state index >= 15 is 0 Å². The lowest BCUT2D eigenvalue weighted by atomic mass is 9.96. The van der Waals surface area contributed by atoms with Crippen molar-refractivity contribution in [2.75, 3.05) is 7.11 Å². The van der Waals surface area contributed by atoms with Gasteiger partial charge in [-0.3, -0.25) is 10.1 Å². The van der Waals surface area contributed by atoms with Gasteiger partial charge in [-0.2, -0.15) is 0 Å². The fourth-order valence-corrected chi connectivity index (χ4v) is 2.88. The number of carbonyl (C=O) groups is 1. The molecule has 1 aliphatic rings. The number of nitrogens with zero attached hydrogens (tertiary/aromatic N) is 2. The SMILES string of the molecule is COC(=O)C1(NC(C)C)CCC(n2ccnc2)C1. The topological polar surface area (TPSA) is 56.1 Å². The first kappa shape index (κ1) is 13.1. The summed E-state index contributed by atoms with van der Waals surface area (Å²) in [7, 11) is 1.45. The molecule has 1 aromatic rings. The van der Waals surface area contributed by atoms with Gasteiger partial charge in [0, 0.05) is 24.5 Å². The van der Waals surface area contributed by atoms with E-state index in [1.165, 1.54) is 7.11 Å². The average molecular weight is 251 g/mol. The van der Waals surface area contributed by atoms with E-state index in [4.69, 9.17) is 4.74 Å². The minimum absolute atomic E-state index is 0.154. The van der Waals surface area contributed by atoms with Crippen LogP contribution in [-0.4, -0.2) is 34.2 Å². The third-order valence-corrected chi connectivity index (χ3v) is 3.58. The first-order chi connectivity index (χ1) is 8.57. The van der Waals surface area contributed by atoms with Crippen LogP contribution in [0.15, 0.2) is 18.7 Å². The van der Waals surface area contributed by atoms with Gasteiger partial charge in [0.1, 0.15) is 5.54 Å². The number of methoxy groups -OCH3 is 1. The molecule has 1 saturated carbocycles. The van der Waals surface area contributed by atoms with Crippen molar-refractivity contribution in [3.63, 3.8) is 0 Å². The van der Waals surface area contributed by atoms with Gasteiger partial charge in [-0.15, -0.1) is 0 Å². The van der Waals surface area contributed by atoms with Crippen LogP contribution in [0.2, 0.25) is 0 Å². The van der Waals surface area contributed by atoms with Crippen LogP contribution < -0.4 is 5.32 Å². The Morgan fingerprint density at radius 3 is 2.94 bits per heavy atom. The number of imidazole rings is 1. The van der Waals surface area contributed by atoms with E-state index in [0.29, 0.717) is 6.04 Å². The molecule has 1 aliphatic carbocycles. The second kappa shape index (κ2) is 5.10. The predicted octanol–water partition coefficient (Wildman–Crippen LogP) is 1.52. The summed E-state index contributed by atoms with van der Waals surface area (Å²) in [6.45, 7) is 4.10. The van der Waals surface area contributed by atoms with Gasteiger partial charge in [0.05, 0.1) is 13.4 Å². The highest BCUT2D eigenvalue weighted by molar-refractivity contribution is 5.81. The van der Waals surface area contributed by atoms with Gasteiger partial charge in [-0.25, -0.2) is 4.98 Å². The molecular formula is C13H21N3O2. The molecule has 0 aliphatic heterocycles. The number of hydrogen-bond acceptors (Lipinski definition) is 4. The highest BCUT2D eigenvalue weighted by Crippen LogP contribution is 2.38. The molecule has 1 heterocycles. The molecule has 18 heavy (non-hydrogen) atoms. The van der Waals surface area contributed by atoms with E-state index in [9.17, 15) is 4.79 Å². The molecule has 1 N–H and O–H groups in total. The lowest BCUT2D eigenvalue weighted by Crippen LogP contribution is -2.53. The maximum atomic E-state index is 12.1. The number of rotatable bonds is 4. The number of nitrogens with one attached hydrogen (secondary N) is 1. The fraction of sp³-hybridized carbons (Fsp3) is 0.692. The summed E-state index contributed by atoms with van der Waals surface area (Å²) < 4.78 is 7.05. The minimum atomic E-state index is -0.544. The van der Waals surface area contributed by atoms with Crippen molar-refractivity contribution in [2.45, 2.75) is 50.7 Å². The average Bonchev–Trinajstić information content (AvgIpc) is 2.96. The summed E-state index contributed by atoms with van der Waals surface area (Å²) in [5.74, 6) is -0.154. The van der Waals surface area contributed by atoms with Crippen molar-refractivity contribution in [3.8, 4) is 0 Å². The van der Waals surface area contributed by atoms with Gasteiger partial charge in [0.25, 0.3) is 0 Å². The van der Waals surface area contributed by atoms with Crippen molar-refractivity contribution in [2.24, 2.45) is 0 Å². The Hall–Kier alpha value is -1.36. The van der Waals surface area contributed by atoms with Crippen LogP contribution >= 0.6 is 0 Å². The molecule has 5 nitrogen and oxygen atoms in total. The Labute approximate surface area is 108 Å². The summed E-state index contributed by atoms with van der Waals surface area (Å²) in [5, 5.41) is 3.39. The Kier molecular flexibility index (Phi) is 3.71. The van der Waals surface area contributed by atoms with Gasteiger partial charge < -0.3 is 9.30 Å². The molecule has 0 aromatic carbocycles. The van der Waals surface area contributed by atoms with Crippen LogP contribution in [-0.2, 0) is 9.53 Å². The maximum absolute atomic E-state index is 12.1. The number of esters is 1. The maximum Gasteiger partial charge on any atom is 0.326 e. The number of aromatic nitrogens is 2. The zero-order valence-electron chi connectivity index (χ0n) is 11.2. The van der Waals surface area contributed by atoms with Crippen molar-refractivity contribution in [1.29, 1.82) is 0 Å². The van der Waals surface area contributed by atoms with E-state index in [-0.39, 0.29) is 12.0 Å². The standard InChI is InChI=1S/C13H21N3O2/c1-10(2)15-13(12(17)18-3)5-4-11(8-13)16-7-6-14-9-16/h6-7,9-11,15H,4-5,8H2,1-3H3. The lowest BCUT2D eigenvalue weighted by Gasteiger charge is -2.30. The number of hydrogen-bond donors (Lipinski definition) is 1. The molecule has 1 fully saturated rings. The Morgan fingerprint density at radius 1 is 1.61 bits per heavy atom. The molecule has 1 aromatic heterocycles. The highest BCUT2D eigenvalue weighted by Gasteiger charge is 2.46. The zero-order chi connectivity index (χ0) is 13.2. The minimum Gasteiger partial charge on any atom is -0.468 e. The Bertz CT molecular complexity index is 402. The largest absolute Gasteiger partial charge is 0.468 e. The quantitative estimate of drug-likeness (QED) is 0.824. The third-order valence-electron chi connectivity index (χ3n) is 3.58. The summed E-state index contributed by atoms with van der Waals surface area (Å²) in [5.41, 5.74) is -0.544. The molecule has 2 atom stereocenters. The first-order valence-corrected chi connectivity index (χ1v) is 6.41. The molecule has 5 heteroatoms.